The fourth-order valence-corrected chi connectivity index (χ4v) is 12.8. The van der Waals surface area contributed by atoms with Crippen LogP contribution in [0.15, 0.2) is 48.5 Å². The summed E-state index contributed by atoms with van der Waals surface area (Å²) in [6.45, 7) is 21.1. The van der Waals surface area contributed by atoms with E-state index in [9.17, 15) is 19.2 Å². The third-order valence-corrected chi connectivity index (χ3v) is 18.8. The third-order valence-electron chi connectivity index (χ3n) is 18.8. The van der Waals surface area contributed by atoms with Gasteiger partial charge in [0, 0.05) is 69.8 Å². The lowest BCUT2D eigenvalue weighted by molar-refractivity contribution is -0.141. The summed E-state index contributed by atoms with van der Waals surface area (Å²) >= 11 is 0. The fraction of sp³-hybridized carbons (Fsp3) is 0.389. The summed E-state index contributed by atoms with van der Waals surface area (Å²) in [5, 5.41) is 0. The molecule has 16 nitrogen and oxygen atoms in total. The van der Waals surface area contributed by atoms with Crippen molar-refractivity contribution >= 4 is 113 Å². The second kappa shape index (κ2) is 26.2. The number of rotatable bonds is 19. The Bertz CT molecular complexity index is 4360. The van der Waals surface area contributed by atoms with Crippen LogP contribution in [0.4, 0.5) is 0 Å². The van der Waals surface area contributed by atoms with Crippen LogP contribution in [-0.4, -0.2) is 92.2 Å². The first kappa shape index (κ1) is 62.1. The maximum atomic E-state index is 12.7. The van der Waals surface area contributed by atoms with Crippen LogP contribution in [0.2, 0.25) is 0 Å². The first-order valence-corrected chi connectivity index (χ1v) is 30.7. The van der Waals surface area contributed by atoms with Crippen LogP contribution < -0.4 is 0 Å². The highest BCUT2D eigenvalue weighted by molar-refractivity contribution is 5.97. The standard InChI is InChI=1S/C72H82N8O8/c1-37-38(2)54-30-58-43(7)50(22-26-70(82)86-12)66(77-58)36-68-52(24-28-72(84)88-14)46(10)62(80-68)34-64-48(41(5)57(75-64)29-53(37)73-54)20-18-16-15-17-19-47-42(6)60-32-61-45(9)51(23-27-71(83)87-13)67(79-61)35-65-49(21-25-69(81)85-11)44(8)59(78-65)31-55-39(3)40(4)56(74-55)33-63(47)76-60/h29-36,77-80H,15-28H2,1-14H3. The molecule has 0 spiro atoms. The number of allylic oxidation sites excluding steroid dienone is 8. The number of H-pyrrole nitrogens is 4. The van der Waals surface area contributed by atoms with Crippen LogP contribution in [-0.2, 0) is 63.8 Å². The van der Waals surface area contributed by atoms with E-state index in [1.807, 2.05) is 0 Å². The predicted molar refractivity (Wildman–Crippen MR) is 351 cm³/mol. The zero-order valence-electron chi connectivity index (χ0n) is 53.6. The number of aryl methyl sites for hydroxylation is 8. The molecular formula is C72H82N8O8. The van der Waals surface area contributed by atoms with Crippen LogP contribution in [0.3, 0.4) is 0 Å². The van der Waals surface area contributed by atoms with Gasteiger partial charge >= 0.3 is 23.9 Å². The average Bonchev–Trinajstić information content (AvgIpc) is 3.39. The van der Waals surface area contributed by atoms with Gasteiger partial charge in [-0.1, -0.05) is 12.8 Å². The number of nitrogens with one attached hydrogen (secondary N) is 4. The van der Waals surface area contributed by atoms with Gasteiger partial charge in [0.1, 0.15) is 0 Å². The predicted octanol–water partition coefficient (Wildman–Crippen LogP) is 15.4. The van der Waals surface area contributed by atoms with Crippen molar-refractivity contribution < 1.29 is 38.1 Å². The molecule has 4 aliphatic heterocycles. The van der Waals surface area contributed by atoms with Crippen molar-refractivity contribution in [2.45, 2.75) is 159 Å². The monoisotopic (exact) mass is 1190 g/mol. The Morgan fingerprint density at radius 3 is 0.841 bits per heavy atom. The van der Waals surface area contributed by atoms with Gasteiger partial charge in [-0.25, -0.2) is 19.9 Å². The minimum Gasteiger partial charge on any atom is -0.469 e. The number of ether oxygens (including phenoxy) is 4. The molecule has 0 aromatic carbocycles. The van der Waals surface area contributed by atoms with Crippen LogP contribution in [0.5, 0.6) is 0 Å². The van der Waals surface area contributed by atoms with E-state index in [2.05, 4.69) is 138 Å². The maximum absolute atomic E-state index is 12.7. The zero-order valence-corrected chi connectivity index (χ0v) is 53.6. The molecule has 0 saturated carbocycles. The van der Waals surface area contributed by atoms with Crippen molar-refractivity contribution in [1.29, 1.82) is 0 Å². The Kier molecular flexibility index (Phi) is 18.5. The van der Waals surface area contributed by atoms with Gasteiger partial charge in [0.25, 0.3) is 0 Å². The maximum Gasteiger partial charge on any atom is 0.305 e. The number of hydrogen-bond acceptors (Lipinski definition) is 12. The fourth-order valence-electron chi connectivity index (χ4n) is 12.8. The Hall–Kier alpha value is -8.92. The number of fused-ring (bicyclic) bond motifs is 16. The molecule has 0 unspecified atom stereocenters. The van der Waals surface area contributed by atoms with Gasteiger partial charge in [0.2, 0.25) is 0 Å². The molecule has 0 radical (unpaired) electrons. The quantitative estimate of drug-likeness (QED) is 0.0338. The topological polar surface area (TPSA) is 220 Å². The van der Waals surface area contributed by atoms with Gasteiger partial charge in [0.15, 0.2) is 0 Å². The summed E-state index contributed by atoms with van der Waals surface area (Å²) in [6.07, 6.45) is 8.39. The van der Waals surface area contributed by atoms with Crippen molar-refractivity contribution in [1.82, 2.24) is 39.9 Å². The molecule has 458 valence electrons. The SMILES string of the molecule is COC(=O)CCc1c(C)c2cc3nc(cc4nc(cc5[nH]c(cc1[nH]2)c(CCC(=O)OC)c5C)C(C)=C4CCCCCCC1=C(C)c2cc4nc(cc5[nH]c(cc6[nH]c(cc1n2)c(C)c6CCC(=O)OC)c(CCC(=O)OC)c5C)C(C)=C4C)C(C)=C3C. The highest BCUT2D eigenvalue weighted by atomic mass is 16.5. The number of methoxy groups -OCH3 is 4. The number of unbranched alkanes of at least 4 members (excludes halogenated alkanes) is 3. The number of hydrogen-bond donors (Lipinski definition) is 4. The molecule has 10 rings (SSSR count). The molecule has 0 fully saturated rings. The first-order chi connectivity index (χ1) is 42.2. The molecular weight excluding hydrogens is 1100 g/mol. The number of carbonyl (C=O) groups excluding carboxylic acids is 4. The van der Waals surface area contributed by atoms with Crippen LogP contribution >= 0.6 is 0 Å². The Morgan fingerprint density at radius 1 is 0.295 bits per heavy atom. The van der Waals surface area contributed by atoms with Gasteiger partial charge in [0.05, 0.1) is 74.0 Å². The number of aromatic amines is 4. The van der Waals surface area contributed by atoms with E-state index in [0.717, 1.165) is 206 Å². The van der Waals surface area contributed by atoms with E-state index < -0.39 is 0 Å². The van der Waals surface area contributed by atoms with Gasteiger partial charge in [-0.3, -0.25) is 19.2 Å². The van der Waals surface area contributed by atoms with Gasteiger partial charge in [-0.15, -0.1) is 0 Å². The van der Waals surface area contributed by atoms with E-state index in [4.69, 9.17) is 38.9 Å². The number of esters is 4. The molecule has 6 aromatic rings. The largest absolute Gasteiger partial charge is 0.469 e. The molecule has 4 N–H and O–H groups in total. The highest BCUT2D eigenvalue weighted by Crippen LogP contribution is 2.40. The molecule has 16 bridgehead atoms. The second-order valence-corrected chi connectivity index (χ2v) is 23.8. The normalized spacial score (nSPS) is 13.3. The van der Waals surface area contributed by atoms with Gasteiger partial charge in [-0.2, -0.15) is 0 Å². The summed E-state index contributed by atoms with van der Waals surface area (Å²) < 4.78 is 20.3. The lowest BCUT2D eigenvalue weighted by Gasteiger charge is -2.07. The summed E-state index contributed by atoms with van der Waals surface area (Å²) in [5.74, 6) is -1.12. The molecule has 88 heavy (non-hydrogen) atoms. The van der Waals surface area contributed by atoms with Crippen molar-refractivity contribution in [2.75, 3.05) is 28.4 Å². The summed E-state index contributed by atoms with van der Waals surface area (Å²) in [7, 11) is 5.66. The second-order valence-electron chi connectivity index (χ2n) is 23.8. The third kappa shape index (κ3) is 12.6. The minimum absolute atomic E-state index is 0.217. The van der Waals surface area contributed by atoms with E-state index >= 15 is 0 Å². The molecule has 0 amide bonds. The van der Waals surface area contributed by atoms with Crippen LogP contribution in [0, 0.1) is 27.7 Å². The lowest BCUT2D eigenvalue weighted by atomic mass is 9.96. The van der Waals surface area contributed by atoms with Crippen molar-refractivity contribution in [3.05, 3.63) is 139 Å². The lowest BCUT2D eigenvalue weighted by Crippen LogP contribution is -2.02. The van der Waals surface area contributed by atoms with Crippen molar-refractivity contribution in [3.63, 3.8) is 0 Å². The number of nitrogens with zero attached hydrogens (tertiary/aromatic N) is 4. The highest BCUT2D eigenvalue weighted by Gasteiger charge is 2.24. The average molecular weight is 1190 g/mol. The first-order valence-electron chi connectivity index (χ1n) is 30.7. The number of aromatic nitrogens is 8. The molecule has 10 heterocycles. The van der Waals surface area contributed by atoms with Crippen LogP contribution in [0.1, 0.15) is 196 Å². The van der Waals surface area contributed by atoms with Crippen molar-refractivity contribution in [2.24, 2.45) is 0 Å². The number of carbonyl (C=O) groups is 4. The smallest absolute Gasteiger partial charge is 0.305 e. The Balaban J connectivity index is 0.984. The van der Waals surface area contributed by atoms with Gasteiger partial charge < -0.3 is 38.9 Å². The molecule has 0 saturated heterocycles. The Labute approximate surface area is 514 Å². The molecule has 16 heteroatoms. The minimum atomic E-state index is -0.283. The van der Waals surface area contributed by atoms with Crippen molar-refractivity contribution in [3.8, 4) is 0 Å². The molecule has 0 aliphatic carbocycles. The van der Waals surface area contributed by atoms with Crippen LogP contribution in [0.25, 0.3) is 88.7 Å². The summed E-state index contributed by atoms with van der Waals surface area (Å²) in [6, 6.07) is 17.0. The van der Waals surface area contributed by atoms with E-state index in [1.165, 1.54) is 39.6 Å². The summed E-state index contributed by atoms with van der Waals surface area (Å²) in [5.41, 5.74) is 31.3. The summed E-state index contributed by atoms with van der Waals surface area (Å²) in [4.78, 5) is 86.3. The molecule has 6 aromatic heterocycles. The molecule has 0 atom stereocenters. The zero-order chi connectivity index (χ0) is 62.8. The van der Waals surface area contributed by atoms with E-state index in [1.54, 1.807) is 0 Å². The van der Waals surface area contributed by atoms with E-state index in [-0.39, 0.29) is 49.6 Å². The Morgan fingerprint density at radius 2 is 0.534 bits per heavy atom. The molecule has 4 aliphatic rings. The van der Waals surface area contributed by atoms with Gasteiger partial charge in [-0.05, 0) is 258 Å². The van der Waals surface area contributed by atoms with E-state index in [0.29, 0.717) is 25.7 Å².